The molecule has 0 saturated carbocycles. The van der Waals surface area contributed by atoms with Gasteiger partial charge in [-0.3, -0.25) is 0 Å². The maximum absolute atomic E-state index is 11.0. The summed E-state index contributed by atoms with van der Waals surface area (Å²) in [6, 6.07) is 14.9. The van der Waals surface area contributed by atoms with Gasteiger partial charge >= 0.3 is 21.4 Å². The van der Waals surface area contributed by atoms with Crippen molar-refractivity contribution in [3.8, 4) is 17.2 Å². The first-order chi connectivity index (χ1) is 25.2. The van der Waals surface area contributed by atoms with Crippen molar-refractivity contribution >= 4 is 37.7 Å². The molecular weight excluding hydrogens is 695 g/mol. The second kappa shape index (κ2) is 24.2. The van der Waals surface area contributed by atoms with E-state index in [0.29, 0.717) is 43.6 Å². The van der Waals surface area contributed by atoms with Crippen LogP contribution in [0.25, 0.3) is 0 Å². The molecule has 1 heterocycles. The lowest BCUT2D eigenvalue weighted by Crippen LogP contribution is -2.48. The number of hydrogen-bond acceptors (Lipinski definition) is 16. The fraction of sp³-hybridized carbons (Fsp3) is 0.455. The third-order valence-corrected chi connectivity index (χ3v) is 8.00. The number of aliphatic hydroxyl groups is 5. The number of fused-ring (bicyclic) bond motifs is 1. The van der Waals surface area contributed by atoms with Crippen LogP contribution in [-0.4, -0.2) is 127 Å². The van der Waals surface area contributed by atoms with Crippen LogP contribution in [0.15, 0.2) is 54.6 Å². The lowest BCUT2D eigenvalue weighted by atomic mass is 9.67. The summed E-state index contributed by atoms with van der Waals surface area (Å²) in [5, 5.41) is 79.3. The van der Waals surface area contributed by atoms with Crippen LogP contribution < -0.4 is 47.8 Å². The summed E-state index contributed by atoms with van der Waals surface area (Å²) >= 11 is 0. The van der Waals surface area contributed by atoms with E-state index < -0.39 is 33.6 Å². The Balaban J connectivity index is 0.000000450. The molecule has 0 radical (unpaired) electrons. The van der Waals surface area contributed by atoms with E-state index in [9.17, 15) is 25.3 Å². The fourth-order valence-corrected chi connectivity index (χ4v) is 5.45. The van der Waals surface area contributed by atoms with Gasteiger partial charge in [0.2, 0.25) is 0 Å². The molecule has 17 nitrogen and oxygen atoms in total. The van der Waals surface area contributed by atoms with Gasteiger partial charge in [0.1, 0.15) is 17.2 Å². The SMILES string of the molecule is NCC(O)c1cccc(OCCCO)c1B(O)OB(O)c1c(OCCCO)cccc1C(O)CN.NCC1OB(O)c2c(OCCCO)cccc21.O. The molecule has 1 aliphatic rings. The Bertz CT molecular complexity index is 1430. The van der Waals surface area contributed by atoms with Crippen LogP contribution in [0.4, 0.5) is 0 Å². The van der Waals surface area contributed by atoms with Gasteiger partial charge in [-0.15, -0.1) is 0 Å². The number of aliphatic hydroxyl groups excluding tert-OH is 5. The molecule has 3 unspecified atom stereocenters. The van der Waals surface area contributed by atoms with Gasteiger partial charge in [0, 0.05) is 75.1 Å². The summed E-state index contributed by atoms with van der Waals surface area (Å²) in [6.45, 7) is 0.601. The van der Waals surface area contributed by atoms with Crippen molar-refractivity contribution in [1.82, 2.24) is 0 Å². The Morgan fingerprint density at radius 2 is 1.09 bits per heavy atom. The van der Waals surface area contributed by atoms with E-state index >= 15 is 0 Å². The molecule has 20 heteroatoms. The molecule has 4 rings (SSSR count). The molecule has 0 fully saturated rings. The van der Waals surface area contributed by atoms with Crippen molar-refractivity contribution in [3.05, 3.63) is 71.3 Å². The summed E-state index contributed by atoms with van der Waals surface area (Å²) in [6.07, 6.45) is -1.35. The van der Waals surface area contributed by atoms with Crippen molar-refractivity contribution in [2.45, 2.75) is 37.6 Å². The zero-order valence-electron chi connectivity index (χ0n) is 29.5. The average Bonchev–Trinajstić information content (AvgIpc) is 3.50. The van der Waals surface area contributed by atoms with Gasteiger partial charge in [0.05, 0.1) is 38.1 Å². The molecule has 1 aliphatic heterocycles. The largest absolute Gasteiger partial charge is 0.495 e. The molecule has 0 saturated heterocycles. The van der Waals surface area contributed by atoms with E-state index in [1.165, 1.54) is 0 Å². The summed E-state index contributed by atoms with van der Waals surface area (Å²) in [4.78, 5) is 0. The first kappa shape index (κ1) is 45.9. The lowest BCUT2D eigenvalue weighted by molar-refractivity contribution is 0.186. The molecular formula is C33H52B3N3O14. The number of benzene rings is 3. The monoisotopic (exact) mass is 747 g/mol. The summed E-state index contributed by atoms with van der Waals surface area (Å²) in [5.41, 5.74) is 18.9. The van der Waals surface area contributed by atoms with E-state index in [1.807, 2.05) is 12.1 Å². The lowest BCUT2D eigenvalue weighted by Gasteiger charge is -2.23. The normalized spacial score (nSPS) is 14.3. The second-order valence-electron chi connectivity index (χ2n) is 11.6. The quantitative estimate of drug-likeness (QED) is 0.0362. The standard InChI is InChI=1S/C22H34B2N2O9.C11H16BNO4.H2O/c25-13-17(29)15-5-1-7-19(33-11-3-9-27)21(15)23(31)35-24(32)22-16(18(30)14-26)6-2-8-20(22)34-12-4-10-28;13-7-10-8-3-1-4-9(16-6-2-5-14)11(8)12(15)17-10;/h1-2,5-8,17-18,27-32H,3-4,9-14,25-26H2;1,3-4,10,14-15H,2,5-7,13H2;1H2. The van der Waals surface area contributed by atoms with Crippen LogP contribution in [0.1, 0.15) is 54.3 Å². The van der Waals surface area contributed by atoms with Crippen molar-refractivity contribution in [2.75, 3.05) is 59.3 Å². The Kier molecular flexibility index (Phi) is 20.9. The van der Waals surface area contributed by atoms with Gasteiger partial charge in [0.15, 0.2) is 0 Å². The van der Waals surface area contributed by atoms with Crippen LogP contribution in [0.5, 0.6) is 17.2 Å². The third-order valence-electron chi connectivity index (χ3n) is 8.00. The molecule has 16 N–H and O–H groups in total. The molecule has 0 aliphatic carbocycles. The molecule has 53 heavy (non-hydrogen) atoms. The predicted molar refractivity (Wildman–Crippen MR) is 199 cm³/mol. The number of nitrogens with two attached hydrogens (primary N) is 3. The molecule has 0 aromatic heterocycles. The highest BCUT2D eigenvalue weighted by Gasteiger charge is 2.37. The van der Waals surface area contributed by atoms with Crippen LogP contribution >= 0.6 is 0 Å². The minimum atomic E-state index is -1.78. The van der Waals surface area contributed by atoms with Gasteiger partial charge < -0.3 is 86.7 Å². The minimum Gasteiger partial charge on any atom is -0.494 e. The highest BCUT2D eigenvalue weighted by molar-refractivity contribution is 6.74. The smallest absolute Gasteiger partial charge is 0.494 e. The molecule has 3 aromatic carbocycles. The number of ether oxygens (including phenoxy) is 3. The highest BCUT2D eigenvalue weighted by atomic mass is 16.6. The molecule has 0 bridgehead atoms. The molecule has 0 spiro atoms. The first-order valence-electron chi connectivity index (χ1n) is 17.1. The number of hydrogen-bond donors (Lipinski definition) is 11. The Labute approximate surface area is 309 Å². The molecule has 3 atom stereocenters. The maximum Gasteiger partial charge on any atom is 0.495 e. The third kappa shape index (κ3) is 12.6. The van der Waals surface area contributed by atoms with Gasteiger partial charge in [-0.25, -0.2) is 0 Å². The Hall–Kier alpha value is -3.31. The van der Waals surface area contributed by atoms with Gasteiger partial charge in [-0.1, -0.05) is 36.4 Å². The van der Waals surface area contributed by atoms with Crippen LogP contribution in [0.2, 0.25) is 0 Å². The predicted octanol–water partition coefficient (Wildman–Crippen LogP) is -4.37. The molecule has 3 aromatic rings. The van der Waals surface area contributed by atoms with Gasteiger partial charge in [-0.2, -0.15) is 0 Å². The average molecular weight is 747 g/mol. The topological polar surface area (TPSA) is 318 Å². The van der Waals surface area contributed by atoms with Crippen LogP contribution in [-0.2, 0) is 9.23 Å². The van der Waals surface area contributed by atoms with Gasteiger partial charge in [-0.05, 0) is 34.9 Å². The van der Waals surface area contributed by atoms with E-state index in [2.05, 4.69) is 0 Å². The first-order valence-corrected chi connectivity index (χ1v) is 17.1. The Morgan fingerprint density at radius 3 is 1.51 bits per heavy atom. The summed E-state index contributed by atoms with van der Waals surface area (Å²) < 4.78 is 27.7. The summed E-state index contributed by atoms with van der Waals surface area (Å²) in [5.74, 6) is 0.954. The van der Waals surface area contributed by atoms with Crippen LogP contribution in [0.3, 0.4) is 0 Å². The minimum absolute atomic E-state index is 0. The summed E-state index contributed by atoms with van der Waals surface area (Å²) in [7, 11) is -4.54. The fourth-order valence-electron chi connectivity index (χ4n) is 5.45. The zero-order chi connectivity index (χ0) is 38.0. The number of rotatable bonds is 21. The maximum atomic E-state index is 11.0. The Morgan fingerprint density at radius 1 is 0.679 bits per heavy atom. The van der Waals surface area contributed by atoms with E-state index in [1.54, 1.807) is 42.5 Å². The van der Waals surface area contributed by atoms with Crippen molar-refractivity contribution in [1.29, 1.82) is 0 Å². The van der Waals surface area contributed by atoms with Crippen molar-refractivity contribution < 1.29 is 69.5 Å². The van der Waals surface area contributed by atoms with Crippen molar-refractivity contribution in [2.24, 2.45) is 17.2 Å². The highest BCUT2D eigenvalue weighted by Crippen LogP contribution is 2.27. The molecule has 0 amide bonds. The van der Waals surface area contributed by atoms with Crippen molar-refractivity contribution in [3.63, 3.8) is 0 Å². The second-order valence-corrected chi connectivity index (χ2v) is 11.6. The van der Waals surface area contributed by atoms with E-state index in [4.69, 9.17) is 56.0 Å². The van der Waals surface area contributed by atoms with Gasteiger partial charge in [0.25, 0.3) is 0 Å². The van der Waals surface area contributed by atoms with E-state index in [-0.39, 0.29) is 91.3 Å². The zero-order valence-corrected chi connectivity index (χ0v) is 29.5. The molecule has 292 valence electrons. The van der Waals surface area contributed by atoms with E-state index in [0.717, 1.165) is 5.56 Å². The van der Waals surface area contributed by atoms with Crippen LogP contribution in [0, 0.1) is 0 Å².